The molecule has 1 amide bonds. The van der Waals surface area contributed by atoms with E-state index in [1.165, 1.54) is 0 Å². The SMILES string of the molecule is CCC(O)CNC(=O)[C@H](N)Cc1c[nH]c2ccccc12. The standard InChI is InChI=1S/C15H21N3O2/c1-2-11(19)9-18-15(20)13(16)7-10-8-17-14-6-4-3-5-12(10)14/h3-6,8,11,13,17,19H,2,7,9,16H2,1H3,(H,18,20)/t11?,13-/m1/s1. The Morgan fingerprint density at radius 2 is 2.20 bits per heavy atom. The molecule has 0 saturated carbocycles. The van der Waals surface area contributed by atoms with Crippen LogP contribution in [0.5, 0.6) is 0 Å². The smallest absolute Gasteiger partial charge is 0.237 e. The summed E-state index contributed by atoms with van der Waals surface area (Å²) in [5, 5.41) is 13.2. The van der Waals surface area contributed by atoms with Crippen LogP contribution in [0, 0.1) is 0 Å². The molecule has 2 rings (SSSR count). The topological polar surface area (TPSA) is 91.1 Å². The zero-order valence-electron chi connectivity index (χ0n) is 11.6. The number of carbonyl (C=O) groups excluding carboxylic acids is 1. The van der Waals surface area contributed by atoms with Crippen LogP contribution in [-0.4, -0.2) is 34.7 Å². The fourth-order valence-corrected chi connectivity index (χ4v) is 2.12. The molecule has 108 valence electrons. The number of aromatic nitrogens is 1. The number of carbonyl (C=O) groups is 1. The molecule has 2 aromatic rings. The summed E-state index contributed by atoms with van der Waals surface area (Å²) in [6.45, 7) is 2.11. The highest BCUT2D eigenvalue weighted by molar-refractivity contribution is 5.86. The van der Waals surface area contributed by atoms with Gasteiger partial charge >= 0.3 is 0 Å². The quantitative estimate of drug-likeness (QED) is 0.632. The predicted octanol–water partition coefficient (Wildman–Crippen LogP) is 0.925. The summed E-state index contributed by atoms with van der Waals surface area (Å²) in [5.74, 6) is -0.234. The highest BCUT2D eigenvalue weighted by atomic mass is 16.3. The zero-order valence-corrected chi connectivity index (χ0v) is 11.6. The van der Waals surface area contributed by atoms with Crippen LogP contribution in [0.25, 0.3) is 10.9 Å². The minimum absolute atomic E-state index is 0.234. The van der Waals surface area contributed by atoms with Gasteiger partial charge in [0.05, 0.1) is 12.1 Å². The predicted molar refractivity (Wildman–Crippen MR) is 79.3 cm³/mol. The van der Waals surface area contributed by atoms with Crippen molar-refractivity contribution in [1.29, 1.82) is 0 Å². The van der Waals surface area contributed by atoms with Crippen LogP contribution in [0.2, 0.25) is 0 Å². The molecule has 0 aliphatic rings. The summed E-state index contributed by atoms with van der Waals surface area (Å²) in [6.07, 6.45) is 2.45. The first-order valence-corrected chi connectivity index (χ1v) is 6.88. The largest absolute Gasteiger partial charge is 0.391 e. The summed E-state index contributed by atoms with van der Waals surface area (Å²) in [6, 6.07) is 7.30. The lowest BCUT2D eigenvalue weighted by Crippen LogP contribution is -2.44. The van der Waals surface area contributed by atoms with Crippen molar-refractivity contribution in [2.24, 2.45) is 5.73 Å². The Hall–Kier alpha value is -1.85. The zero-order chi connectivity index (χ0) is 14.5. The average Bonchev–Trinajstić information content (AvgIpc) is 2.87. The lowest BCUT2D eigenvalue weighted by Gasteiger charge is -2.14. The van der Waals surface area contributed by atoms with E-state index in [-0.39, 0.29) is 12.5 Å². The van der Waals surface area contributed by atoms with Crippen LogP contribution >= 0.6 is 0 Å². The number of amides is 1. The van der Waals surface area contributed by atoms with E-state index >= 15 is 0 Å². The maximum atomic E-state index is 11.9. The van der Waals surface area contributed by atoms with E-state index in [0.717, 1.165) is 16.5 Å². The molecule has 5 heteroatoms. The van der Waals surface area contributed by atoms with Crippen LogP contribution in [-0.2, 0) is 11.2 Å². The van der Waals surface area contributed by atoms with Gasteiger partial charge in [-0.1, -0.05) is 25.1 Å². The van der Waals surface area contributed by atoms with Gasteiger partial charge in [-0.2, -0.15) is 0 Å². The first-order chi connectivity index (χ1) is 9.61. The summed E-state index contributed by atoms with van der Waals surface area (Å²) < 4.78 is 0. The maximum absolute atomic E-state index is 11.9. The third-order valence-corrected chi connectivity index (χ3v) is 3.43. The molecule has 5 nitrogen and oxygen atoms in total. The molecule has 1 unspecified atom stereocenters. The number of hydrogen-bond acceptors (Lipinski definition) is 3. The minimum Gasteiger partial charge on any atom is -0.391 e. The van der Waals surface area contributed by atoms with Crippen molar-refractivity contribution < 1.29 is 9.90 Å². The number of aromatic amines is 1. The molecule has 1 aromatic heterocycles. The van der Waals surface area contributed by atoms with Crippen molar-refractivity contribution in [1.82, 2.24) is 10.3 Å². The Morgan fingerprint density at radius 3 is 2.95 bits per heavy atom. The Labute approximate surface area is 118 Å². The number of nitrogens with two attached hydrogens (primary N) is 1. The highest BCUT2D eigenvalue weighted by Gasteiger charge is 2.16. The Morgan fingerprint density at radius 1 is 1.45 bits per heavy atom. The number of benzene rings is 1. The van der Waals surface area contributed by atoms with Gasteiger partial charge in [0.2, 0.25) is 5.91 Å². The number of aliphatic hydroxyl groups excluding tert-OH is 1. The van der Waals surface area contributed by atoms with Crippen LogP contribution < -0.4 is 11.1 Å². The van der Waals surface area contributed by atoms with Crippen LogP contribution in [0.3, 0.4) is 0 Å². The molecule has 0 saturated heterocycles. The van der Waals surface area contributed by atoms with Gasteiger partial charge in [0.15, 0.2) is 0 Å². The van der Waals surface area contributed by atoms with E-state index in [0.29, 0.717) is 12.8 Å². The van der Waals surface area contributed by atoms with Crippen LogP contribution in [0.4, 0.5) is 0 Å². The molecule has 2 atom stereocenters. The Balaban J connectivity index is 1.97. The van der Waals surface area contributed by atoms with Crippen molar-refractivity contribution in [3.63, 3.8) is 0 Å². The van der Waals surface area contributed by atoms with Gasteiger partial charge in [-0.15, -0.1) is 0 Å². The second kappa shape index (κ2) is 6.54. The highest BCUT2D eigenvalue weighted by Crippen LogP contribution is 2.18. The van der Waals surface area contributed by atoms with Gasteiger partial charge in [-0.05, 0) is 24.5 Å². The first kappa shape index (κ1) is 14.6. The van der Waals surface area contributed by atoms with Gasteiger partial charge in [0.1, 0.15) is 0 Å². The van der Waals surface area contributed by atoms with Gasteiger partial charge in [-0.25, -0.2) is 0 Å². The van der Waals surface area contributed by atoms with E-state index in [9.17, 15) is 9.90 Å². The third kappa shape index (κ3) is 3.37. The van der Waals surface area contributed by atoms with E-state index < -0.39 is 12.1 Å². The van der Waals surface area contributed by atoms with Crippen molar-refractivity contribution in [2.75, 3.05) is 6.54 Å². The first-order valence-electron chi connectivity index (χ1n) is 6.88. The van der Waals surface area contributed by atoms with Gasteiger partial charge in [-0.3, -0.25) is 4.79 Å². The van der Waals surface area contributed by atoms with E-state index in [1.807, 2.05) is 37.4 Å². The minimum atomic E-state index is -0.613. The lowest BCUT2D eigenvalue weighted by molar-refractivity contribution is -0.122. The third-order valence-electron chi connectivity index (χ3n) is 3.43. The van der Waals surface area contributed by atoms with E-state index in [2.05, 4.69) is 10.3 Å². The molecule has 1 heterocycles. The fourth-order valence-electron chi connectivity index (χ4n) is 2.12. The van der Waals surface area contributed by atoms with Crippen molar-refractivity contribution >= 4 is 16.8 Å². The Bertz CT molecular complexity index is 579. The number of fused-ring (bicyclic) bond motifs is 1. The van der Waals surface area contributed by atoms with Gasteiger partial charge in [0, 0.05) is 23.6 Å². The van der Waals surface area contributed by atoms with E-state index in [1.54, 1.807) is 0 Å². The molecule has 1 aromatic carbocycles. The molecule has 5 N–H and O–H groups in total. The van der Waals surface area contributed by atoms with Crippen molar-refractivity contribution in [2.45, 2.75) is 31.9 Å². The second-order valence-corrected chi connectivity index (χ2v) is 4.98. The molecule has 0 radical (unpaired) electrons. The monoisotopic (exact) mass is 275 g/mol. The van der Waals surface area contributed by atoms with Crippen molar-refractivity contribution in [3.05, 3.63) is 36.0 Å². The number of aliphatic hydroxyl groups is 1. The Kier molecular flexibility index (Phi) is 4.76. The summed E-state index contributed by atoms with van der Waals surface area (Å²) in [5.41, 5.74) is 7.99. The summed E-state index contributed by atoms with van der Waals surface area (Å²) in [4.78, 5) is 15.0. The number of hydrogen-bond donors (Lipinski definition) is 4. The van der Waals surface area contributed by atoms with Crippen molar-refractivity contribution in [3.8, 4) is 0 Å². The lowest BCUT2D eigenvalue weighted by atomic mass is 10.1. The van der Waals surface area contributed by atoms with Gasteiger partial charge < -0.3 is 21.1 Å². The summed E-state index contributed by atoms with van der Waals surface area (Å²) >= 11 is 0. The molecular formula is C15H21N3O2. The normalized spacial score (nSPS) is 14.2. The van der Waals surface area contributed by atoms with E-state index in [4.69, 9.17) is 5.73 Å². The number of nitrogens with one attached hydrogen (secondary N) is 2. The van der Waals surface area contributed by atoms with Crippen LogP contribution in [0.1, 0.15) is 18.9 Å². The molecule has 20 heavy (non-hydrogen) atoms. The van der Waals surface area contributed by atoms with Gasteiger partial charge in [0.25, 0.3) is 0 Å². The number of para-hydroxylation sites is 1. The maximum Gasteiger partial charge on any atom is 0.237 e. The molecule has 0 fully saturated rings. The number of rotatable bonds is 6. The number of H-pyrrole nitrogens is 1. The summed E-state index contributed by atoms with van der Waals surface area (Å²) in [7, 11) is 0. The van der Waals surface area contributed by atoms with Crippen LogP contribution in [0.15, 0.2) is 30.5 Å². The molecule has 0 bridgehead atoms. The molecule has 0 aliphatic carbocycles. The second-order valence-electron chi connectivity index (χ2n) is 4.98. The molecule has 0 aliphatic heterocycles. The fraction of sp³-hybridized carbons (Fsp3) is 0.400. The molecular weight excluding hydrogens is 254 g/mol. The molecule has 0 spiro atoms. The average molecular weight is 275 g/mol.